The predicted molar refractivity (Wildman–Crippen MR) is 238 cm³/mol. The number of nitrogens with zero attached hydrogens (tertiary/aromatic N) is 3. The topological polar surface area (TPSA) is 38.7 Å². The molecule has 1 aromatic heterocycles. The van der Waals surface area contributed by atoms with Crippen molar-refractivity contribution < 1.29 is 0 Å². The van der Waals surface area contributed by atoms with Gasteiger partial charge in [0.1, 0.15) is 0 Å². The molecule has 9 aromatic rings. The van der Waals surface area contributed by atoms with Crippen LogP contribution < -0.4 is 0 Å². The van der Waals surface area contributed by atoms with Crippen molar-refractivity contribution in [3.8, 4) is 89.8 Å². The summed E-state index contributed by atoms with van der Waals surface area (Å²) in [5.41, 5.74) is 21.1. The second-order valence-electron chi connectivity index (χ2n) is 16.0. The van der Waals surface area contributed by atoms with Crippen LogP contribution in [-0.4, -0.2) is 15.0 Å². The zero-order valence-corrected chi connectivity index (χ0v) is 32.4. The zero-order valence-electron chi connectivity index (χ0n) is 32.4. The van der Waals surface area contributed by atoms with Crippen LogP contribution in [0.4, 0.5) is 0 Å². The lowest BCUT2D eigenvalue weighted by atomic mass is 9.81. The molecule has 11 rings (SSSR count). The van der Waals surface area contributed by atoms with Gasteiger partial charge < -0.3 is 0 Å². The van der Waals surface area contributed by atoms with Gasteiger partial charge in [-0.1, -0.05) is 184 Å². The minimum absolute atomic E-state index is 0.1000. The van der Waals surface area contributed by atoms with E-state index in [0.29, 0.717) is 17.5 Å². The Balaban J connectivity index is 0.961. The third-order valence-electron chi connectivity index (χ3n) is 12.2. The lowest BCUT2D eigenvalue weighted by molar-refractivity contribution is 0.660. The number of hydrogen-bond donors (Lipinski definition) is 0. The highest BCUT2D eigenvalue weighted by Gasteiger charge is 2.36. The summed E-state index contributed by atoms with van der Waals surface area (Å²) in [5, 5.41) is 0. The summed E-state index contributed by atoms with van der Waals surface area (Å²) >= 11 is 0. The fourth-order valence-corrected chi connectivity index (χ4v) is 9.27. The van der Waals surface area contributed by atoms with Gasteiger partial charge in [0.2, 0.25) is 0 Å². The molecule has 1 heterocycles. The summed E-state index contributed by atoms with van der Waals surface area (Å²) in [6.45, 7) is 4.74. The predicted octanol–water partition coefficient (Wildman–Crippen LogP) is 13.8. The summed E-state index contributed by atoms with van der Waals surface area (Å²) in [6, 6.07) is 67.4. The van der Waals surface area contributed by atoms with Crippen LogP contribution in [0.5, 0.6) is 0 Å². The van der Waals surface area contributed by atoms with Crippen LogP contribution in [0.25, 0.3) is 89.8 Å². The Morgan fingerprint density at radius 1 is 0.310 bits per heavy atom. The number of rotatable bonds is 6. The average Bonchev–Trinajstić information content (AvgIpc) is 3.78. The minimum atomic E-state index is -0.1000. The standard InChI is InChI=1S/C55H39N3/c1-55(2)50-30-28-38(35-15-6-3-7-16-35)32-49(50)46-29-27-40(33-51(46)55)43-24-14-26-45-44-25-13-23-42(47(44)34-48(43)45)39-21-12-22-41(31-39)54-57-52(36-17-8-4-9-18-36)56-53(58-54)37-19-10-5-11-20-37/h3-33H,34H2,1-2H3. The lowest BCUT2D eigenvalue weighted by Crippen LogP contribution is -2.15. The molecule has 0 fully saturated rings. The van der Waals surface area contributed by atoms with Crippen LogP contribution in [0.3, 0.4) is 0 Å². The molecule has 0 saturated carbocycles. The highest BCUT2D eigenvalue weighted by atomic mass is 15.0. The van der Waals surface area contributed by atoms with Crippen molar-refractivity contribution >= 4 is 0 Å². The van der Waals surface area contributed by atoms with Crippen LogP contribution in [0.15, 0.2) is 188 Å². The lowest BCUT2D eigenvalue weighted by Gasteiger charge is -2.22. The van der Waals surface area contributed by atoms with Crippen molar-refractivity contribution in [2.75, 3.05) is 0 Å². The van der Waals surface area contributed by atoms with Gasteiger partial charge in [-0.05, 0) is 103 Å². The van der Waals surface area contributed by atoms with Crippen LogP contribution in [-0.2, 0) is 11.8 Å². The molecule has 0 saturated heterocycles. The van der Waals surface area contributed by atoms with Gasteiger partial charge in [-0.3, -0.25) is 0 Å². The number of benzene rings is 8. The molecule has 2 aliphatic rings. The van der Waals surface area contributed by atoms with Gasteiger partial charge in [-0.2, -0.15) is 0 Å². The van der Waals surface area contributed by atoms with E-state index in [1.165, 1.54) is 72.3 Å². The second kappa shape index (κ2) is 13.5. The first-order chi connectivity index (χ1) is 28.5. The molecule has 274 valence electrons. The average molecular weight is 742 g/mol. The molecular weight excluding hydrogens is 703 g/mol. The van der Waals surface area contributed by atoms with E-state index in [4.69, 9.17) is 15.0 Å². The first-order valence-electron chi connectivity index (χ1n) is 20.1. The largest absolute Gasteiger partial charge is 0.208 e. The Morgan fingerprint density at radius 2 is 0.776 bits per heavy atom. The van der Waals surface area contributed by atoms with E-state index >= 15 is 0 Å². The highest BCUT2D eigenvalue weighted by molar-refractivity contribution is 5.92. The Morgan fingerprint density at radius 3 is 1.38 bits per heavy atom. The molecule has 0 radical (unpaired) electrons. The Bertz CT molecular complexity index is 2980. The van der Waals surface area contributed by atoms with Crippen LogP contribution in [0.1, 0.15) is 36.1 Å². The fourth-order valence-electron chi connectivity index (χ4n) is 9.27. The van der Waals surface area contributed by atoms with Crippen LogP contribution in [0.2, 0.25) is 0 Å². The fraction of sp³-hybridized carbons (Fsp3) is 0.0727. The van der Waals surface area contributed by atoms with Gasteiger partial charge in [0.25, 0.3) is 0 Å². The van der Waals surface area contributed by atoms with Crippen molar-refractivity contribution in [2.45, 2.75) is 25.7 Å². The number of aromatic nitrogens is 3. The SMILES string of the molecule is CC1(C)c2ccc(-c3ccccc3)cc2-c2ccc(-c3cccc4c3Cc3c(-c5cccc(-c6nc(-c7ccccc7)nc(-c7ccccc7)n6)c5)cccc3-4)cc21. The molecule has 0 atom stereocenters. The van der Waals surface area contributed by atoms with Crippen molar-refractivity contribution in [1.29, 1.82) is 0 Å². The van der Waals surface area contributed by atoms with Crippen molar-refractivity contribution in [3.63, 3.8) is 0 Å². The molecule has 0 spiro atoms. The molecule has 0 aliphatic heterocycles. The highest BCUT2D eigenvalue weighted by Crippen LogP contribution is 2.52. The molecule has 2 aliphatic carbocycles. The van der Waals surface area contributed by atoms with Gasteiger partial charge in [0, 0.05) is 22.1 Å². The third-order valence-corrected chi connectivity index (χ3v) is 12.2. The smallest absolute Gasteiger partial charge is 0.164 e. The molecule has 58 heavy (non-hydrogen) atoms. The van der Waals surface area contributed by atoms with Gasteiger partial charge in [0.05, 0.1) is 0 Å². The van der Waals surface area contributed by atoms with Crippen LogP contribution in [0, 0.1) is 0 Å². The molecule has 0 unspecified atom stereocenters. The van der Waals surface area contributed by atoms with Crippen molar-refractivity contribution in [1.82, 2.24) is 15.0 Å². The van der Waals surface area contributed by atoms with Gasteiger partial charge in [-0.25, -0.2) is 15.0 Å². The summed E-state index contributed by atoms with van der Waals surface area (Å²) in [5.74, 6) is 1.98. The zero-order chi connectivity index (χ0) is 38.8. The third kappa shape index (κ3) is 5.62. The number of hydrogen-bond acceptors (Lipinski definition) is 3. The molecule has 3 nitrogen and oxygen atoms in total. The van der Waals surface area contributed by atoms with E-state index in [-0.39, 0.29) is 5.41 Å². The molecular formula is C55H39N3. The monoisotopic (exact) mass is 741 g/mol. The van der Waals surface area contributed by atoms with E-state index in [9.17, 15) is 0 Å². The van der Waals surface area contributed by atoms with E-state index in [2.05, 4.69) is 141 Å². The number of fused-ring (bicyclic) bond motifs is 6. The van der Waals surface area contributed by atoms with E-state index in [1.54, 1.807) is 0 Å². The summed E-state index contributed by atoms with van der Waals surface area (Å²) < 4.78 is 0. The molecule has 0 amide bonds. The van der Waals surface area contributed by atoms with E-state index < -0.39 is 0 Å². The Hall–Kier alpha value is -7.23. The Labute approximate surface area is 339 Å². The first-order valence-corrected chi connectivity index (χ1v) is 20.1. The first kappa shape index (κ1) is 34.1. The molecule has 8 aromatic carbocycles. The maximum absolute atomic E-state index is 5.03. The van der Waals surface area contributed by atoms with E-state index in [1.807, 2.05) is 60.7 Å². The normalized spacial score (nSPS) is 13.1. The quantitative estimate of drug-likeness (QED) is 0.170. The molecule has 0 N–H and O–H groups in total. The Kier molecular flexibility index (Phi) is 7.90. The van der Waals surface area contributed by atoms with Crippen molar-refractivity contribution in [3.05, 3.63) is 210 Å². The summed E-state index contributed by atoms with van der Waals surface area (Å²) in [6.07, 6.45) is 0.866. The van der Waals surface area contributed by atoms with Gasteiger partial charge >= 0.3 is 0 Å². The maximum atomic E-state index is 5.03. The summed E-state index contributed by atoms with van der Waals surface area (Å²) in [4.78, 5) is 15.0. The van der Waals surface area contributed by atoms with Gasteiger partial charge in [-0.15, -0.1) is 0 Å². The van der Waals surface area contributed by atoms with E-state index in [0.717, 1.165) is 28.7 Å². The molecule has 3 heteroatoms. The van der Waals surface area contributed by atoms with Crippen molar-refractivity contribution in [2.24, 2.45) is 0 Å². The summed E-state index contributed by atoms with van der Waals surface area (Å²) in [7, 11) is 0. The van der Waals surface area contributed by atoms with Gasteiger partial charge in [0.15, 0.2) is 17.5 Å². The molecule has 0 bridgehead atoms. The maximum Gasteiger partial charge on any atom is 0.164 e. The minimum Gasteiger partial charge on any atom is -0.208 e. The second-order valence-corrected chi connectivity index (χ2v) is 16.0. The van der Waals surface area contributed by atoms with Crippen LogP contribution >= 0.6 is 0 Å².